The van der Waals surface area contributed by atoms with Crippen molar-refractivity contribution in [2.45, 2.75) is 36.2 Å². The number of rotatable bonds is 4. The predicted octanol–water partition coefficient (Wildman–Crippen LogP) is 5.40. The lowest BCUT2D eigenvalue weighted by Crippen LogP contribution is -2.31. The number of nitrogens with one attached hydrogen (secondary N) is 1. The van der Waals surface area contributed by atoms with Crippen LogP contribution in [0.1, 0.15) is 16.7 Å². The monoisotopic (exact) mass is 375 g/mol. The second kappa shape index (κ2) is 7.49. The molecule has 4 heteroatoms. The molecule has 1 unspecified atom stereocenters. The molecular formula is C23H21NO2S. The molecule has 1 amide bonds. The first kappa shape index (κ1) is 17.7. The first-order valence-corrected chi connectivity index (χ1v) is 9.81. The van der Waals surface area contributed by atoms with E-state index in [9.17, 15) is 4.79 Å². The first-order valence-electron chi connectivity index (χ1n) is 8.99. The molecule has 0 saturated carbocycles. The Kier molecular flexibility index (Phi) is 4.90. The number of ether oxygens (including phenoxy) is 1. The molecule has 3 aromatic rings. The van der Waals surface area contributed by atoms with Gasteiger partial charge in [-0.3, -0.25) is 4.79 Å². The molecule has 0 spiro atoms. The Morgan fingerprint density at radius 1 is 0.963 bits per heavy atom. The van der Waals surface area contributed by atoms with E-state index in [-0.39, 0.29) is 5.91 Å². The van der Waals surface area contributed by atoms with Gasteiger partial charge in [-0.05, 0) is 73.0 Å². The van der Waals surface area contributed by atoms with Crippen molar-refractivity contribution in [2.24, 2.45) is 0 Å². The van der Waals surface area contributed by atoms with E-state index < -0.39 is 6.10 Å². The molecular weight excluding hydrogens is 354 g/mol. The average Bonchev–Trinajstić information content (AvgIpc) is 3.11. The minimum Gasteiger partial charge on any atom is -0.480 e. The van der Waals surface area contributed by atoms with Crippen LogP contribution in [0.25, 0.3) is 0 Å². The summed E-state index contributed by atoms with van der Waals surface area (Å²) in [5.74, 6) is 0.693. The summed E-state index contributed by atoms with van der Waals surface area (Å²) in [5, 5.41) is 2.95. The predicted molar refractivity (Wildman–Crippen MR) is 110 cm³/mol. The van der Waals surface area contributed by atoms with Gasteiger partial charge in [0.1, 0.15) is 5.75 Å². The molecule has 3 aromatic carbocycles. The Labute approximate surface area is 163 Å². The van der Waals surface area contributed by atoms with Gasteiger partial charge >= 0.3 is 0 Å². The van der Waals surface area contributed by atoms with Gasteiger partial charge in [0.05, 0.1) is 0 Å². The van der Waals surface area contributed by atoms with Gasteiger partial charge in [-0.25, -0.2) is 0 Å². The minimum atomic E-state index is -0.466. The number of fused-ring (bicyclic) bond motifs is 1. The van der Waals surface area contributed by atoms with Crippen molar-refractivity contribution in [3.63, 3.8) is 0 Å². The average molecular weight is 375 g/mol. The van der Waals surface area contributed by atoms with Gasteiger partial charge in [0.2, 0.25) is 0 Å². The van der Waals surface area contributed by atoms with E-state index in [4.69, 9.17) is 4.74 Å². The Morgan fingerprint density at radius 2 is 1.70 bits per heavy atom. The number of amides is 1. The third-order valence-corrected chi connectivity index (χ3v) is 5.77. The van der Waals surface area contributed by atoms with Crippen molar-refractivity contribution in [1.29, 1.82) is 0 Å². The summed E-state index contributed by atoms with van der Waals surface area (Å²) < 4.78 is 5.75. The summed E-state index contributed by atoms with van der Waals surface area (Å²) in [6.45, 7) is 4.25. The first-order chi connectivity index (χ1) is 13.1. The highest BCUT2D eigenvalue weighted by molar-refractivity contribution is 7.99. The Balaban J connectivity index is 1.38. The smallest absolute Gasteiger partial charge is 0.265 e. The van der Waals surface area contributed by atoms with Crippen LogP contribution in [0.2, 0.25) is 0 Å². The lowest BCUT2D eigenvalue weighted by atomic mass is 10.1. The van der Waals surface area contributed by atoms with Crippen LogP contribution in [0, 0.1) is 13.8 Å². The topological polar surface area (TPSA) is 38.3 Å². The second-order valence-corrected chi connectivity index (χ2v) is 7.93. The van der Waals surface area contributed by atoms with Crippen molar-refractivity contribution < 1.29 is 9.53 Å². The van der Waals surface area contributed by atoms with Crippen LogP contribution in [0.15, 0.2) is 76.5 Å². The van der Waals surface area contributed by atoms with Crippen LogP contribution in [0.3, 0.4) is 0 Å². The van der Waals surface area contributed by atoms with Crippen LogP contribution in [-0.4, -0.2) is 12.0 Å². The third-order valence-electron chi connectivity index (χ3n) is 4.78. The maximum absolute atomic E-state index is 12.5. The van der Waals surface area contributed by atoms with Gasteiger partial charge in [0, 0.05) is 21.9 Å². The quantitative estimate of drug-likeness (QED) is 0.664. The molecule has 136 valence electrons. The molecule has 1 aliphatic heterocycles. The van der Waals surface area contributed by atoms with E-state index in [2.05, 4.69) is 37.4 Å². The molecule has 1 aliphatic rings. The third kappa shape index (κ3) is 4.01. The molecule has 27 heavy (non-hydrogen) atoms. The van der Waals surface area contributed by atoms with Crippen LogP contribution in [-0.2, 0) is 11.2 Å². The minimum absolute atomic E-state index is 0.110. The largest absolute Gasteiger partial charge is 0.480 e. The lowest BCUT2D eigenvalue weighted by molar-refractivity contribution is -0.122. The standard InChI is InChI=1S/C23H21NO2S/c1-15-7-10-20(13-16(15)2)27-19-11-8-18(9-12-19)24-23(25)22-14-17-5-3-4-6-21(17)26-22/h3-13,22H,14H2,1-2H3,(H,24,25). The molecule has 1 heterocycles. The van der Waals surface area contributed by atoms with Gasteiger partial charge in [-0.15, -0.1) is 0 Å². The molecule has 0 aliphatic carbocycles. The summed E-state index contributed by atoms with van der Waals surface area (Å²) in [5.41, 5.74) is 4.46. The number of anilines is 1. The van der Waals surface area contributed by atoms with E-state index in [0.717, 1.165) is 21.9 Å². The number of carbonyl (C=O) groups excluding carboxylic acids is 1. The fraction of sp³-hybridized carbons (Fsp3) is 0.174. The molecule has 0 aromatic heterocycles. The molecule has 3 nitrogen and oxygen atoms in total. The summed E-state index contributed by atoms with van der Waals surface area (Å²) in [6.07, 6.45) is 0.148. The van der Waals surface area contributed by atoms with Crippen LogP contribution >= 0.6 is 11.8 Å². The van der Waals surface area contributed by atoms with Crippen LogP contribution in [0.4, 0.5) is 5.69 Å². The Bertz CT molecular complexity index is 957. The van der Waals surface area contributed by atoms with Gasteiger partial charge in [0.15, 0.2) is 6.10 Å². The number of para-hydroxylation sites is 1. The molecule has 1 atom stereocenters. The Morgan fingerprint density at radius 3 is 2.44 bits per heavy atom. The fourth-order valence-electron chi connectivity index (χ4n) is 3.07. The molecule has 0 bridgehead atoms. The van der Waals surface area contributed by atoms with Crippen molar-refractivity contribution in [1.82, 2.24) is 0 Å². The molecule has 1 N–H and O–H groups in total. The zero-order valence-corrected chi connectivity index (χ0v) is 16.2. The van der Waals surface area contributed by atoms with Crippen molar-refractivity contribution in [2.75, 3.05) is 5.32 Å². The maximum Gasteiger partial charge on any atom is 0.265 e. The SMILES string of the molecule is Cc1ccc(Sc2ccc(NC(=O)C3Cc4ccccc4O3)cc2)cc1C. The molecule has 0 radical (unpaired) electrons. The summed E-state index contributed by atoms with van der Waals surface area (Å²) >= 11 is 1.72. The van der Waals surface area contributed by atoms with E-state index in [1.165, 1.54) is 16.0 Å². The van der Waals surface area contributed by atoms with Crippen molar-refractivity contribution in [3.8, 4) is 5.75 Å². The van der Waals surface area contributed by atoms with Crippen molar-refractivity contribution >= 4 is 23.4 Å². The van der Waals surface area contributed by atoms with Crippen LogP contribution in [0.5, 0.6) is 5.75 Å². The van der Waals surface area contributed by atoms with Gasteiger partial charge in [0.25, 0.3) is 5.91 Å². The van der Waals surface area contributed by atoms with E-state index in [1.807, 2.05) is 48.5 Å². The van der Waals surface area contributed by atoms with Gasteiger partial charge in [-0.1, -0.05) is 36.0 Å². The zero-order valence-electron chi connectivity index (χ0n) is 15.4. The second-order valence-electron chi connectivity index (χ2n) is 6.78. The van der Waals surface area contributed by atoms with Gasteiger partial charge < -0.3 is 10.1 Å². The highest BCUT2D eigenvalue weighted by Crippen LogP contribution is 2.31. The van der Waals surface area contributed by atoms with E-state index >= 15 is 0 Å². The Hall–Kier alpha value is -2.72. The summed E-state index contributed by atoms with van der Waals surface area (Å²) in [7, 11) is 0. The number of hydrogen-bond acceptors (Lipinski definition) is 3. The zero-order chi connectivity index (χ0) is 18.8. The number of carbonyl (C=O) groups is 1. The highest BCUT2D eigenvalue weighted by atomic mass is 32.2. The molecule has 4 rings (SSSR count). The summed E-state index contributed by atoms with van der Waals surface area (Å²) in [4.78, 5) is 14.8. The number of benzene rings is 3. The van der Waals surface area contributed by atoms with Gasteiger partial charge in [-0.2, -0.15) is 0 Å². The lowest BCUT2D eigenvalue weighted by Gasteiger charge is -2.12. The van der Waals surface area contributed by atoms with Crippen LogP contribution < -0.4 is 10.1 Å². The van der Waals surface area contributed by atoms with E-state index in [1.54, 1.807) is 11.8 Å². The van der Waals surface area contributed by atoms with Crippen molar-refractivity contribution in [3.05, 3.63) is 83.4 Å². The highest BCUT2D eigenvalue weighted by Gasteiger charge is 2.28. The fourth-order valence-corrected chi connectivity index (χ4v) is 3.99. The molecule has 0 saturated heterocycles. The maximum atomic E-state index is 12.5. The number of hydrogen-bond donors (Lipinski definition) is 1. The summed E-state index contributed by atoms with van der Waals surface area (Å²) in [6, 6.07) is 22.2. The normalized spacial score (nSPS) is 15.1. The number of aryl methyl sites for hydroxylation is 2. The molecule has 0 fully saturated rings. The van der Waals surface area contributed by atoms with E-state index in [0.29, 0.717) is 6.42 Å².